The van der Waals surface area contributed by atoms with Gasteiger partial charge in [0.2, 0.25) is 5.91 Å². The SMILES string of the molecule is CCOC(=O)c1ccccc1NC(=O)CSc1nc2ccccc2c(=O)n1C. The van der Waals surface area contributed by atoms with Crippen molar-refractivity contribution in [2.45, 2.75) is 12.1 Å². The highest BCUT2D eigenvalue weighted by Crippen LogP contribution is 2.19. The minimum Gasteiger partial charge on any atom is -0.462 e. The lowest BCUT2D eigenvalue weighted by atomic mass is 10.2. The number of anilines is 1. The summed E-state index contributed by atoms with van der Waals surface area (Å²) in [5.41, 5.74) is 1.09. The number of ether oxygens (including phenoxy) is 1. The predicted octanol–water partition coefficient (Wildman–Crippen LogP) is 2.84. The first-order valence-electron chi connectivity index (χ1n) is 8.65. The minimum atomic E-state index is -0.496. The van der Waals surface area contributed by atoms with Crippen LogP contribution in [0.15, 0.2) is 58.5 Å². The maximum atomic E-state index is 12.4. The molecule has 0 aliphatic rings. The van der Waals surface area contributed by atoms with Gasteiger partial charge in [-0.05, 0) is 31.2 Å². The smallest absolute Gasteiger partial charge is 0.340 e. The van der Waals surface area contributed by atoms with Crippen LogP contribution in [-0.2, 0) is 16.6 Å². The molecule has 0 atom stereocenters. The number of carbonyl (C=O) groups excluding carboxylic acids is 2. The van der Waals surface area contributed by atoms with Gasteiger partial charge in [-0.1, -0.05) is 36.0 Å². The largest absolute Gasteiger partial charge is 0.462 e. The summed E-state index contributed by atoms with van der Waals surface area (Å²) in [5.74, 6) is -0.774. The van der Waals surface area contributed by atoms with Gasteiger partial charge < -0.3 is 10.1 Å². The van der Waals surface area contributed by atoms with E-state index < -0.39 is 5.97 Å². The highest BCUT2D eigenvalue weighted by Gasteiger charge is 2.15. The van der Waals surface area contributed by atoms with Crippen LogP contribution in [0.25, 0.3) is 10.9 Å². The van der Waals surface area contributed by atoms with Crippen molar-refractivity contribution < 1.29 is 14.3 Å². The fraction of sp³-hybridized carbons (Fsp3) is 0.200. The number of para-hydroxylation sites is 2. The maximum absolute atomic E-state index is 12.4. The molecule has 0 aliphatic heterocycles. The molecule has 0 aliphatic carbocycles. The average molecular weight is 397 g/mol. The first kappa shape index (κ1) is 19.6. The van der Waals surface area contributed by atoms with Gasteiger partial charge in [-0.15, -0.1) is 0 Å². The fourth-order valence-corrected chi connectivity index (χ4v) is 3.39. The normalized spacial score (nSPS) is 10.6. The van der Waals surface area contributed by atoms with Crippen molar-refractivity contribution in [2.75, 3.05) is 17.7 Å². The van der Waals surface area contributed by atoms with E-state index in [1.165, 1.54) is 4.57 Å². The molecule has 1 aromatic heterocycles. The van der Waals surface area contributed by atoms with Crippen LogP contribution < -0.4 is 10.9 Å². The summed E-state index contributed by atoms with van der Waals surface area (Å²) in [6.45, 7) is 1.97. The first-order chi connectivity index (χ1) is 13.5. The molecule has 0 unspecified atom stereocenters. The first-order valence-corrected chi connectivity index (χ1v) is 9.64. The van der Waals surface area contributed by atoms with E-state index in [2.05, 4.69) is 10.3 Å². The van der Waals surface area contributed by atoms with Crippen molar-refractivity contribution in [1.82, 2.24) is 9.55 Å². The number of amides is 1. The molecule has 0 fully saturated rings. The second-order valence-electron chi connectivity index (χ2n) is 5.88. The van der Waals surface area contributed by atoms with Gasteiger partial charge in [0.1, 0.15) is 0 Å². The molecular weight excluding hydrogens is 378 g/mol. The number of aromatic nitrogens is 2. The van der Waals surface area contributed by atoms with Gasteiger partial charge in [0.25, 0.3) is 5.56 Å². The monoisotopic (exact) mass is 397 g/mol. The number of nitrogens with one attached hydrogen (secondary N) is 1. The Balaban J connectivity index is 1.74. The second-order valence-corrected chi connectivity index (χ2v) is 6.82. The van der Waals surface area contributed by atoms with Gasteiger partial charge in [-0.25, -0.2) is 9.78 Å². The van der Waals surface area contributed by atoms with Crippen LogP contribution in [0.5, 0.6) is 0 Å². The predicted molar refractivity (Wildman–Crippen MR) is 109 cm³/mol. The Morgan fingerprint density at radius 1 is 1.14 bits per heavy atom. The van der Waals surface area contributed by atoms with E-state index in [0.29, 0.717) is 27.3 Å². The number of fused-ring (bicyclic) bond motifs is 1. The molecule has 0 bridgehead atoms. The standard InChI is InChI=1S/C20H19N3O4S/c1-3-27-19(26)14-9-5-7-11-16(14)21-17(24)12-28-20-22-15-10-6-4-8-13(15)18(25)23(20)2/h4-11H,3,12H2,1-2H3,(H,21,24). The lowest BCUT2D eigenvalue weighted by molar-refractivity contribution is -0.113. The molecule has 1 N–H and O–H groups in total. The number of hydrogen-bond acceptors (Lipinski definition) is 6. The third-order valence-corrected chi connectivity index (χ3v) is 5.00. The van der Waals surface area contributed by atoms with Crippen LogP contribution in [-0.4, -0.2) is 33.8 Å². The van der Waals surface area contributed by atoms with E-state index >= 15 is 0 Å². The van der Waals surface area contributed by atoms with Crippen LogP contribution in [0.3, 0.4) is 0 Å². The quantitative estimate of drug-likeness (QED) is 0.391. The number of nitrogens with zero attached hydrogens (tertiary/aromatic N) is 2. The summed E-state index contributed by atoms with van der Waals surface area (Å²) in [7, 11) is 1.62. The molecule has 0 saturated heterocycles. The molecule has 0 spiro atoms. The number of thioether (sulfide) groups is 1. The Bertz CT molecular complexity index is 1090. The summed E-state index contributed by atoms with van der Waals surface area (Å²) in [5, 5.41) is 3.69. The highest BCUT2D eigenvalue weighted by atomic mass is 32.2. The van der Waals surface area contributed by atoms with E-state index in [1.54, 1.807) is 56.4 Å². The zero-order valence-electron chi connectivity index (χ0n) is 15.5. The third kappa shape index (κ3) is 4.23. The van der Waals surface area contributed by atoms with E-state index in [-0.39, 0.29) is 23.8 Å². The fourth-order valence-electron chi connectivity index (χ4n) is 2.62. The molecule has 1 heterocycles. The van der Waals surface area contributed by atoms with Gasteiger partial charge in [0, 0.05) is 7.05 Å². The number of rotatable bonds is 6. The summed E-state index contributed by atoms with van der Waals surface area (Å²) in [4.78, 5) is 41.3. The molecular formula is C20H19N3O4S. The lowest BCUT2D eigenvalue weighted by Gasteiger charge is -2.11. The minimum absolute atomic E-state index is 0.0375. The zero-order chi connectivity index (χ0) is 20.1. The van der Waals surface area contributed by atoms with E-state index in [4.69, 9.17) is 4.74 Å². The van der Waals surface area contributed by atoms with Crippen LogP contribution in [0.1, 0.15) is 17.3 Å². The number of esters is 1. The van der Waals surface area contributed by atoms with Crippen molar-refractivity contribution >= 4 is 40.2 Å². The molecule has 0 saturated carbocycles. The van der Waals surface area contributed by atoms with Crippen molar-refractivity contribution in [3.8, 4) is 0 Å². The maximum Gasteiger partial charge on any atom is 0.340 e. The second kappa shape index (κ2) is 8.71. The Hall–Kier alpha value is -3.13. The lowest BCUT2D eigenvalue weighted by Crippen LogP contribution is -2.22. The summed E-state index contributed by atoms with van der Waals surface area (Å²) < 4.78 is 6.43. The Labute approximate surface area is 165 Å². The Kier molecular flexibility index (Phi) is 6.10. The third-order valence-electron chi connectivity index (χ3n) is 3.97. The Morgan fingerprint density at radius 3 is 2.64 bits per heavy atom. The van der Waals surface area contributed by atoms with Crippen molar-refractivity contribution in [2.24, 2.45) is 7.05 Å². The van der Waals surface area contributed by atoms with Crippen molar-refractivity contribution in [1.29, 1.82) is 0 Å². The van der Waals surface area contributed by atoms with Crippen molar-refractivity contribution in [3.05, 3.63) is 64.4 Å². The van der Waals surface area contributed by atoms with Crippen LogP contribution in [0.2, 0.25) is 0 Å². The van der Waals surface area contributed by atoms with Crippen molar-refractivity contribution in [3.63, 3.8) is 0 Å². The van der Waals surface area contributed by atoms with Crippen LogP contribution in [0.4, 0.5) is 5.69 Å². The van der Waals surface area contributed by atoms with E-state index in [1.807, 2.05) is 6.07 Å². The molecule has 1 amide bonds. The van der Waals surface area contributed by atoms with Gasteiger partial charge in [-0.2, -0.15) is 0 Å². The van der Waals surface area contributed by atoms with Gasteiger partial charge in [-0.3, -0.25) is 14.2 Å². The van der Waals surface area contributed by atoms with E-state index in [9.17, 15) is 14.4 Å². The van der Waals surface area contributed by atoms with Crippen LogP contribution in [0, 0.1) is 0 Å². The molecule has 2 aromatic carbocycles. The molecule has 0 radical (unpaired) electrons. The van der Waals surface area contributed by atoms with Gasteiger partial charge >= 0.3 is 5.97 Å². The molecule has 3 aromatic rings. The molecule has 8 heteroatoms. The Morgan fingerprint density at radius 2 is 1.86 bits per heavy atom. The summed E-state index contributed by atoms with van der Waals surface area (Å²) >= 11 is 1.15. The van der Waals surface area contributed by atoms with Gasteiger partial charge in [0.15, 0.2) is 5.16 Å². The molecule has 7 nitrogen and oxygen atoms in total. The number of hydrogen-bond donors (Lipinski definition) is 1. The summed E-state index contributed by atoms with van der Waals surface area (Å²) in [6.07, 6.45) is 0. The van der Waals surface area contributed by atoms with E-state index in [0.717, 1.165) is 11.8 Å². The molecule has 3 rings (SSSR count). The molecule has 144 valence electrons. The van der Waals surface area contributed by atoms with Gasteiger partial charge in [0.05, 0.1) is 34.5 Å². The topological polar surface area (TPSA) is 90.3 Å². The molecule has 28 heavy (non-hydrogen) atoms. The highest BCUT2D eigenvalue weighted by molar-refractivity contribution is 7.99. The number of benzene rings is 2. The average Bonchev–Trinajstić information content (AvgIpc) is 2.70. The van der Waals surface area contributed by atoms with Crippen LogP contribution >= 0.6 is 11.8 Å². The summed E-state index contributed by atoms with van der Waals surface area (Å²) in [6, 6.07) is 13.7. The number of carbonyl (C=O) groups is 2. The zero-order valence-corrected chi connectivity index (χ0v) is 16.3.